The van der Waals surface area contributed by atoms with Crippen molar-refractivity contribution in [3.63, 3.8) is 0 Å². The van der Waals surface area contributed by atoms with Crippen LogP contribution in [0.1, 0.15) is 81.1 Å². The monoisotopic (exact) mass is 644 g/mol. The summed E-state index contributed by atoms with van der Waals surface area (Å²) in [5.41, 5.74) is -1.51. The second-order valence-corrected chi connectivity index (χ2v) is 16.7. The van der Waals surface area contributed by atoms with Crippen molar-refractivity contribution in [3.05, 3.63) is 0 Å². The molecule has 11 heteroatoms. The Kier molecular flexibility index (Phi) is 8.11. The SMILES string of the molecule is CC1C(=O)OC(=O)C1C(C(=O)OC1CCOC1=O)C(C(=O)OC(C)(C)C)C1C(C)C2CC1C1C3CC(CC3C(=O)OC(C)(C)C)C21. The van der Waals surface area contributed by atoms with E-state index in [4.69, 9.17) is 23.7 Å². The van der Waals surface area contributed by atoms with Crippen LogP contribution in [0.25, 0.3) is 0 Å². The molecule has 2 saturated heterocycles. The summed E-state index contributed by atoms with van der Waals surface area (Å²) in [6.07, 6.45) is 1.56. The van der Waals surface area contributed by atoms with Gasteiger partial charge in [0.2, 0.25) is 6.10 Å². The predicted octanol–water partition coefficient (Wildman–Crippen LogP) is 3.89. The zero-order valence-electron chi connectivity index (χ0n) is 28.1. The number of ether oxygens (including phenoxy) is 5. The van der Waals surface area contributed by atoms with E-state index in [0.717, 1.165) is 19.3 Å². The van der Waals surface area contributed by atoms with Crippen LogP contribution < -0.4 is 0 Å². The molecule has 46 heavy (non-hydrogen) atoms. The minimum Gasteiger partial charge on any atom is -0.463 e. The maximum absolute atomic E-state index is 14.4. The number of rotatable bonds is 7. The van der Waals surface area contributed by atoms with Crippen molar-refractivity contribution in [2.75, 3.05) is 6.61 Å². The van der Waals surface area contributed by atoms with Gasteiger partial charge < -0.3 is 23.7 Å². The van der Waals surface area contributed by atoms with E-state index in [2.05, 4.69) is 6.92 Å². The Morgan fingerprint density at radius 1 is 0.761 bits per heavy atom. The van der Waals surface area contributed by atoms with Crippen LogP contribution in [0.2, 0.25) is 0 Å². The summed E-state index contributed by atoms with van der Waals surface area (Å²) >= 11 is 0. The Hall–Kier alpha value is -2.98. The van der Waals surface area contributed by atoms with Gasteiger partial charge >= 0.3 is 35.8 Å². The van der Waals surface area contributed by atoms with Crippen LogP contribution in [0.3, 0.4) is 0 Å². The molecule has 6 fully saturated rings. The Bertz CT molecular complexity index is 1320. The number of fused-ring (bicyclic) bond motifs is 9. The quantitative estimate of drug-likeness (QED) is 0.172. The van der Waals surface area contributed by atoms with Crippen molar-refractivity contribution in [3.8, 4) is 0 Å². The molecule has 14 unspecified atom stereocenters. The van der Waals surface area contributed by atoms with Crippen molar-refractivity contribution in [1.82, 2.24) is 0 Å². The lowest BCUT2D eigenvalue weighted by atomic mass is 9.56. The maximum atomic E-state index is 14.4. The van der Waals surface area contributed by atoms with Crippen LogP contribution in [0.4, 0.5) is 0 Å². The Morgan fingerprint density at radius 2 is 1.43 bits per heavy atom. The lowest BCUT2D eigenvalue weighted by molar-refractivity contribution is -0.182. The van der Waals surface area contributed by atoms with Gasteiger partial charge in [-0.3, -0.25) is 24.0 Å². The first kappa shape index (κ1) is 32.9. The Labute approximate surface area is 270 Å². The third-order valence-corrected chi connectivity index (χ3v) is 11.8. The highest BCUT2D eigenvalue weighted by Gasteiger charge is 2.70. The fourth-order valence-electron chi connectivity index (χ4n) is 10.5. The topological polar surface area (TPSA) is 149 Å². The van der Waals surface area contributed by atoms with E-state index in [1.165, 1.54) is 6.92 Å². The molecule has 254 valence electrons. The van der Waals surface area contributed by atoms with E-state index in [-0.39, 0.29) is 60.4 Å². The molecule has 4 bridgehead atoms. The summed E-state index contributed by atoms with van der Waals surface area (Å²) in [5.74, 6) is -8.22. The highest BCUT2D eigenvalue weighted by molar-refractivity contribution is 6.00. The first-order valence-electron chi connectivity index (χ1n) is 17.0. The zero-order valence-corrected chi connectivity index (χ0v) is 28.1. The summed E-state index contributed by atoms with van der Waals surface area (Å²) < 4.78 is 27.5. The molecule has 14 atom stereocenters. The molecular formula is C35H48O11. The average Bonchev–Trinajstić information content (AvgIpc) is 3.75. The van der Waals surface area contributed by atoms with E-state index >= 15 is 0 Å². The summed E-state index contributed by atoms with van der Waals surface area (Å²) in [6, 6.07) is 0. The number of hydrogen-bond donors (Lipinski definition) is 0. The third-order valence-electron chi connectivity index (χ3n) is 11.8. The number of carbonyl (C=O) groups is 6. The molecule has 6 rings (SSSR count). The molecule has 6 aliphatic rings. The standard InChI is InChI=1S/C35H48O11/c1-14-17-13-20(25-18-11-16(24(17)25)12-19(18)29(37)45-34(3,4)5)22(14)26(33(41)46-35(6,7)8)27(23-15(2)28(36)44-31(23)39)32(40)43-21-9-10-42-30(21)38/h14-27H,9-13H2,1-8H3. The fourth-order valence-corrected chi connectivity index (χ4v) is 10.5. The molecular weight excluding hydrogens is 596 g/mol. The molecule has 0 radical (unpaired) electrons. The van der Waals surface area contributed by atoms with Gasteiger partial charge in [0.1, 0.15) is 11.2 Å². The summed E-state index contributed by atoms with van der Waals surface area (Å²) in [7, 11) is 0. The molecule has 0 aromatic carbocycles. The lowest BCUT2D eigenvalue weighted by Crippen LogP contribution is -2.52. The number of hydrogen-bond acceptors (Lipinski definition) is 11. The van der Waals surface area contributed by atoms with Crippen LogP contribution in [-0.2, 0) is 52.5 Å². The first-order chi connectivity index (χ1) is 21.4. The molecule has 4 saturated carbocycles. The normalized spacial score (nSPS) is 40.7. The van der Waals surface area contributed by atoms with Crippen molar-refractivity contribution in [1.29, 1.82) is 0 Å². The van der Waals surface area contributed by atoms with Crippen molar-refractivity contribution >= 4 is 35.8 Å². The second-order valence-electron chi connectivity index (χ2n) is 16.7. The van der Waals surface area contributed by atoms with Gasteiger partial charge in [-0.2, -0.15) is 0 Å². The fraction of sp³-hybridized carbons (Fsp3) is 0.829. The van der Waals surface area contributed by atoms with Gasteiger partial charge in [0.05, 0.1) is 36.2 Å². The van der Waals surface area contributed by atoms with Crippen molar-refractivity contribution in [2.24, 2.45) is 76.9 Å². The van der Waals surface area contributed by atoms with Gasteiger partial charge in [0.25, 0.3) is 0 Å². The van der Waals surface area contributed by atoms with Gasteiger partial charge in [0.15, 0.2) is 0 Å². The minimum absolute atomic E-state index is 0.00160. The van der Waals surface area contributed by atoms with E-state index in [1.54, 1.807) is 20.8 Å². The molecule has 0 aromatic heterocycles. The van der Waals surface area contributed by atoms with Gasteiger partial charge in [-0.25, -0.2) is 4.79 Å². The van der Waals surface area contributed by atoms with E-state index in [0.29, 0.717) is 11.8 Å². The minimum atomic E-state index is -1.41. The summed E-state index contributed by atoms with van der Waals surface area (Å²) in [6.45, 7) is 14.5. The van der Waals surface area contributed by atoms with Crippen LogP contribution in [-0.4, -0.2) is 59.7 Å². The number of esters is 6. The Morgan fingerprint density at radius 3 is 2.00 bits per heavy atom. The Balaban J connectivity index is 1.39. The van der Waals surface area contributed by atoms with Gasteiger partial charge in [0, 0.05) is 6.42 Å². The molecule has 11 nitrogen and oxygen atoms in total. The van der Waals surface area contributed by atoms with E-state index in [1.807, 2.05) is 20.8 Å². The summed E-state index contributed by atoms with van der Waals surface area (Å²) in [4.78, 5) is 80.3. The van der Waals surface area contributed by atoms with Gasteiger partial charge in [-0.15, -0.1) is 0 Å². The van der Waals surface area contributed by atoms with Crippen LogP contribution >= 0.6 is 0 Å². The molecule has 2 aliphatic heterocycles. The van der Waals surface area contributed by atoms with Crippen LogP contribution in [0.15, 0.2) is 0 Å². The first-order valence-corrected chi connectivity index (χ1v) is 17.0. The number of carbonyl (C=O) groups excluding carboxylic acids is 6. The van der Waals surface area contributed by atoms with Crippen molar-refractivity contribution < 1.29 is 52.5 Å². The van der Waals surface area contributed by atoms with Crippen LogP contribution in [0, 0.1) is 76.9 Å². The second kappa shape index (κ2) is 11.3. The maximum Gasteiger partial charge on any atom is 0.347 e. The largest absolute Gasteiger partial charge is 0.463 e. The molecule has 0 amide bonds. The highest BCUT2D eigenvalue weighted by atomic mass is 16.6. The van der Waals surface area contributed by atoms with Gasteiger partial charge in [-0.1, -0.05) is 13.8 Å². The average molecular weight is 645 g/mol. The predicted molar refractivity (Wildman–Crippen MR) is 159 cm³/mol. The van der Waals surface area contributed by atoms with E-state index < -0.39 is 70.8 Å². The molecule has 0 spiro atoms. The van der Waals surface area contributed by atoms with Gasteiger partial charge in [-0.05, 0) is 108 Å². The zero-order chi connectivity index (χ0) is 33.6. The van der Waals surface area contributed by atoms with Crippen LogP contribution in [0.5, 0.6) is 0 Å². The lowest BCUT2D eigenvalue weighted by Gasteiger charge is -2.47. The molecule has 2 heterocycles. The molecule has 0 N–H and O–H groups in total. The highest BCUT2D eigenvalue weighted by Crippen LogP contribution is 2.73. The molecule has 4 aliphatic carbocycles. The smallest absolute Gasteiger partial charge is 0.347 e. The third kappa shape index (κ3) is 5.53. The van der Waals surface area contributed by atoms with Crippen molar-refractivity contribution in [2.45, 2.75) is 98.4 Å². The summed E-state index contributed by atoms with van der Waals surface area (Å²) in [5, 5.41) is 0. The molecule has 0 aromatic rings. The number of cyclic esters (lactones) is 3. The van der Waals surface area contributed by atoms with E-state index in [9.17, 15) is 28.8 Å².